The zero-order valence-electron chi connectivity index (χ0n) is 10.9. The number of carbonyl (C=O) groups is 2. The topological polar surface area (TPSA) is 108 Å². The lowest BCUT2D eigenvalue weighted by molar-refractivity contribution is -0.195. The number of aliphatic carboxylic acids is 1. The van der Waals surface area contributed by atoms with Gasteiger partial charge in [0, 0.05) is 13.3 Å². The van der Waals surface area contributed by atoms with Crippen molar-refractivity contribution in [1.29, 1.82) is 0 Å². The molecular weight excluding hydrogens is 250 g/mol. The molecule has 1 aliphatic rings. The Morgan fingerprint density at radius 1 is 1.58 bits per heavy atom. The summed E-state index contributed by atoms with van der Waals surface area (Å²) in [4.78, 5) is 22.3. The van der Waals surface area contributed by atoms with Gasteiger partial charge < -0.3 is 25.4 Å². The van der Waals surface area contributed by atoms with Gasteiger partial charge in [0.25, 0.3) is 0 Å². The first-order valence-electron chi connectivity index (χ1n) is 5.94. The van der Waals surface area contributed by atoms with Gasteiger partial charge in [0.2, 0.25) is 5.91 Å². The molecule has 0 bridgehead atoms. The van der Waals surface area contributed by atoms with Gasteiger partial charge in [0.1, 0.15) is 0 Å². The molecule has 0 aromatic rings. The van der Waals surface area contributed by atoms with Crippen LogP contribution in [0.5, 0.6) is 0 Å². The highest BCUT2D eigenvalue weighted by Crippen LogP contribution is 2.31. The Bertz CT molecular complexity index is 357. The maximum atomic E-state index is 11.2. The molecule has 1 amide bonds. The summed E-state index contributed by atoms with van der Waals surface area (Å²) in [5, 5.41) is 24.1. The summed E-state index contributed by atoms with van der Waals surface area (Å²) in [6, 6.07) is -0.672. The van der Waals surface area contributed by atoms with Gasteiger partial charge in [-0.25, -0.2) is 4.79 Å². The van der Waals surface area contributed by atoms with E-state index in [1.165, 1.54) is 21.3 Å². The highest BCUT2D eigenvalue weighted by atomic mass is 16.5. The fraction of sp³-hybridized carbons (Fsp3) is 0.800. The second kappa shape index (κ2) is 6.40. The highest BCUT2D eigenvalue weighted by molar-refractivity contribution is 6.42. The van der Waals surface area contributed by atoms with Crippen LogP contribution in [-0.2, 0) is 14.3 Å². The quantitative estimate of drug-likeness (QED) is 0.437. The van der Waals surface area contributed by atoms with E-state index < -0.39 is 29.8 Å². The fourth-order valence-electron chi connectivity index (χ4n) is 2.17. The average Bonchev–Trinajstić information content (AvgIpc) is 2.30. The van der Waals surface area contributed by atoms with Crippen molar-refractivity contribution in [3.8, 4) is 0 Å². The molecule has 1 heterocycles. The number of aliphatic hydroxyl groups is 1. The Balaban J connectivity index is 2.86. The number of aliphatic hydroxyl groups excluding tert-OH is 1. The van der Waals surface area contributed by atoms with Crippen molar-refractivity contribution in [2.75, 3.05) is 0 Å². The Morgan fingerprint density at radius 3 is 2.68 bits per heavy atom. The lowest BCUT2D eigenvalue weighted by Crippen LogP contribution is -2.62. The Kier molecular flexibility index (Phi) is 5.39. The number of carboxylic acids is 1. The maximum absolute atomic E-state index is 11.2. The van der Waals surface area contributed by atoms with Crippen LogP contribution in [0.25, 0.3) is 0 Å². The van der Waals surface area contributed by atoms with Gasteiger partial charge in [-0.1, -0.05) is 0 Å². The second-order valence-corrected chi connectivity index (χ2v) is 4.80. The van der Waals surface area contributed by atoms with Gasteiger partial charge in [0.15, 0.2) is 21.0 Å². The molecule has 1 aliphatic heterocycles. The summed E-state index contributed by atoms with van der Waals surface area (Å²) in [5.41, 5.74) is -1.48. The molecule has 4 unspecified atom stereocenters. The number of hydrogen-bond donors (Lipinski definition) is 4. The summed E-state index contributed by atoms with van der Waals surface area (Å²) >= 11 is 0. The van der Waals surface area contributed by atoms with Crippen LogP contribution in [0.4, 0.5) is 0 Å². The third kappa shape index (κ3) is 3.95. The van der Waals surface area contributed by atoms with Crippen LogP contribution in [0.2, 0.25) is 6.32 Å². The number of carboxylic acid groups (broad SMARTS) is 1. The van der Waals surface area contributed by atoms with Crippen molar-refractivity contribution < 1.29 is 24.5 Å². The molecule has 1 rings (SSSR count). The number of hydrogen-bond acceptors (Lipinski definition) is 5. The molecular formula is C10H17B2N2O5. The molecule has 7 nitrogen and oxygen atoms in total. The molecule has 0 saturated carbocycles. The van der Waals surface area contributed by atoms with Crippen LogP contribution in [0, 0.1) is 0 Å². The number of ether oxygens (including phenoxy) is 1. The largest absolute Gasteiger partial charge is 0.479 e. The van der Waals surface area contributed by atoms with Gasteiger partial charge in [-0.05, 0) is 13.2 Å². The van der Waals surface area contributed by atoms with Gasteiger partial charge in [-0.15, -0.1) is 0 Å². The van der Waals surface area contributed by atoms with E-state index in [-0.39, 0.29) is 18.6 Å². The number of carbonyl (C=O) groups excluding carboxylic acids is 1. The van der Waals surface area contributed by atoms with Gasteiger partial charge in [-0.3, -0.25) is 4.79 Å². The molecule has 4 N–H and O–H groups in total. The standard InChI is InChI=1S/C10H17B2N2O5/c1-5(15)13-8-6(16)3-10(2,9(17)18)19-7(8)4-12-14-11/h6-8,14,16H,3-4H2,1-2H3,(H,13,15)(H,17,18). The van der Waals surface area contributed by atoms with Crippen molar-refractivity contribution in [2.24, 2.45) is 0 Å². The molecule has 9 heteroatoms. The summed E-state index contributed by atoms with van der Waals surface area (Å²) < 4.78 is 5.52. The molecule has 0 aromatic carbocycles. The summed E-state index contributed by atoms with van der Waals surface area (Å²) in [7, 11) is 6.60. The van der Waals surface area contributed by atoms with E-state index >= 15 is 0 Å². The number of nitrogens with one attached hydrogen (secondary N) is 2. The predicted octanol–water partition coefficient (Wildman–Crippen LogP) is -1.81. The van der Waals surface area contributed by atoms with E-state index in [1.807, 2.05) is 0 Å². The van der Waals surface area contributed by atoms with E-state index in [2.05, 4.69) is 10.5 Å². The minimum atomic E-state index is -1.48. The van der Waals surface area contributed by atoms with Gasteiger partial charge >= 0.3 is 5.97 Å². The smallest absolute Gasteiger partial charge is 0.335 e. The van der Waals surface area contributed by atoms with Crippen molar-refractivity contribution in [3.05, 3.63) is 0 Å². The molecule has 3 radical (unpaired) electrons. The van der Waals surface area contributed by atoms with Crippen molar-refractivity contribution in [1.82, 2.24) is 10.5 Å². The van der Waals surface area contributed by atoms with Crippen molar-refractivity contribution in [3.63, 3.8) is 0 Å². The third-order valence-corrected chi connectivity index (χ3v) is 3.12. The Morgan fingerprint density at radius 2 is 2.21 bits per heavy atom. The zero-order chi connectivity index (χ0) is 14.6. The molecule has 19 heavy (non-hydrogen) atoms. The molecule has 0 aromatic heterocycles. The zero-order valence-corrected chi connectivity index (χ0v) is 10.9. The predicted molar refractivity (Wildman–Crippen MR) is 68.6 cm³/mol. The lowest BCUT2D eigenvalue weighted by atomic mass is 9.77. The SMILES string of the molecule is [B]N[B]CC1OC(C)(C(=O)O)CC(O)C1NC(C)=O. The molecule has 103 valence electrons. The Labute approximate surface area is 113 Å². The monoisotopic (exact) mass is 267 g/mol. The number of rotatable bonds is 5. The molecule has 1 fully saturated rings. The summed E-state index contributed by atoms with van der Waals surface area (Å²) in [5.74, 6) is -1.48. The average molecular weight is 267 g/mol. The van der Waals surface area contributed by atoms with Crippen LogP contribution in [0.15, 0.2) is 0 Å². The minimum Gasteiger partial charge on any atom is -0.479 e. The normalized spacial score (nSPS) is 34.6. The minimum absolute atomic E-state index is 0.0974. The molecule has 0 aliphatic carbocycles. The molecule has 1 saturated heterocycles. The Hall–Kier alpha value is -1.05. The van der Waals surface area contributed by atoms with Gasteiger partial charge in [-0.2, -0.15) is 0 Å². The van der Waals surface area contributed by atoms with Crippen LogP contribution >= 0.6 is 0 Å². The van der Waals surface area contributed by atoms with Crippen molar-refractivity contribution >= 4 is 27.3 Å². The first kappa shape index (κ1) is 16.0. The van der Waals surface area contributed by atoms with Crippen LogP contribution in [0.1, 0.15) is 20.3 Å². The summed E-state index contributed by atoms with van der Waals surface area (Å²) in [6.07, 6.45) is -1.53. The first-order valence-corrected chi connectivity index (χ1v) is 5.94. The maximum Gasteiger partial charge on any atom is 0.335 e. The van der Waals surface area contributed by atoms with Crippen LogP contribution in [-0.4, -0.2) is 61.3 Å². The summed E-state index contributed by atoms with van der Waals surface area (Å²) in [6.45, 7) is 2.71. The van der Waals surface area contributed by atoms with Crippen LogP contribution < -0.4 is 10.5 Å². The molecule has 0 spiro atoms. The van der Waals surface area contributed by atoms with Crippen LogP contribution in [0.3, 0.4) is 0 Å². The van der Waals surface area contributed by atoms with E-state index in [0.29, 0.717) is 0 Å². The fourth-order valence-corrected chi connectivity index (χ4v) is 2.17. The first-order chi connectivity index (χ1) is 8.80. The lowest BCUT2D eigenvalue weighted by Gasteiger charge is -2.43. The molecule has 4 atom stereocenters. The van der Waals surface area contributed by atoms with Gasteiger partial charge in [0.05, 0.1) is 18.2 Å². The number of amides is 1. The van der Waals surface area contributed by atoms with E-state index in [9.17, 15) is 14.7 Å². The van der Waals surface area contributed by atoms with E-state index in [4.69, 9.17) is 17.8 Å². The van der Waals surface area contributed by atoms with Crippen molar-refractivity contribution in [2.45, 2.75) is 50.4 Å². The van der Waals surface area contributed by atoms with E-state index in [1.54, 1.807) is 0 Å². The second-order valence-electron chi connectivity index (χ2n) is 4.80. The van der Waals surface area contributed by atoms with E-state index in [0.717, 1.165) is 0 Å². The third-order valence-electron chi connectivity index (χ3n) is 3.12. The highest BCUT2D eigenvalue weighted by Gasteiger charge is 2.48.